The zero-order chi connectivity index (χ0) is 6.73. The molecule has 8 heavy (non-hydrogen) atoms. The Bertz CT molecular complexity index is 80.4. The molecule has 0 fully saturated rings. The lowest BCUT2D eigenvalue weighted by molar-refractivity contribution is 0.668. The Labute approximate surface area is 52.9 Å². The van der Waals surface area contributed by atoms with Crippen LogP contribution in [0, 0.1) is 0 Å². The second-order valence-electron chi connectivity index (χ2n) is 2.08. The molecule has 2 unspecified atom stereocenters. The van der Waals surface area contributed by atoms with Crippen molar-refractivity contribution in [3.8, 4) is 0 Å². The molecule has 0 radical (unpaired) electrons. The van der Waals surface area contributed by atoms with Crippen LogP contribution in [0.4, 0.5) is 0 Å². The van der Waals surface area contributed by atoms with Crippen LogP contribution < -0.4 is 5.73 Å². The van der Waals surface area contributed by atoms with Gasteiger partial charge in [-0.15, -0.1) is 0 Å². The first-order chi connectivity index (χ1) is 3.55. The Morgan fingerprint density at radius 1 is 1.38 bits per heavy atom. The maximum atomic E-state index is 10.8. The van der Waals surface area contributed by atoms with Crippen LogP contribution in [0.1, 0.15) is 20.8 Å². The molecule has 2 atom stereocenters. The normalized spacial score (nSPS) is 18.6. The van der Waals surface area contributed by atoms with Crippen molar-refractivity contribution in [3.05, 3.63) is 0 Å². The summed E-state index contributed by atoms with van der Waals surface area (Å²) in [6.45, 7) is 5.56. The van der Waals surface area contributed by atoms with E-state index >= 15 is 0 Å². The fourth-order valence-electron chi connectivity index (χ4n) is 0.429. The Morgan fingerprint density at radius 2 is 1.75 bits per heavy atom. The number of hydrogen-bond donors (Lipinski definition) is 1. The number of nitrogens with two attached hydrogens (primary N) is 1. The molecule has 0 spiro atoms. The van der Waals surface area contributed by atoms with E-state index in [0.717, 1.165) is 0 Å². The van der Waals surface area contributed by atoms with E-state index in [1.807, 2.05) is 13.8 Å². The molecule has 2 N–H and O–H groups in total. The average Bonchev–Trinajstić information content (AvgIpc) is 1.64. The van der Waals surface area contributed by atoms with Gasteiger partial charge in [-0.05, 0) is 6.92 Å². The molecule has 0 aromatic heterocycles. The van der Waals surface area contributed by atoms with Crippen molar-refractivity contribution in [2.24, 2.45) is 5.73 Å². The maximum Gasteiger partial charge on any atom is 0.0784 e. The van der Waals surface area contributed by atoms with E-state index in [4.69, 9.17) is 5.73 Å². The van der Waals surface area contributed by atoms with Gasteiger partial charge in [-0.3, -0.25) is 4.21 Å². The molecule has 0 aliphatic carbocycles. The van der Waals surface area contributed by atoms with Gasteiger partial charge < -0.3 is 5.73 Å². The first-order valence-corrected chi connectivity index (χ1v) is 3.98. The summed E-state index contributed by atoms with van der Waals surface area (Å²) in [5, 5.41) is 0.00463. The van der Waals surface area contributed by atoms with Gasteiger partial charge in [0.25, 0.3) is 0 Å². The summed E-state index contributed by atoms with van der Waals surface area (Å²) in [5.74, 6) is 0. The Morgan fingerprint density at radius 3 is 1.75 bits per heavy atom. The molecule has 3 heteroatoms. The molecule has 0 aromatic rings. The Balaban J connectivity index is 3.65. The van der Waals surface area contributed by atoms with E-state index in [1.54, 1.807) is 6.92 Å². The zero-order valence-electron chi connectivity index (χ0n) is 5.55. The van der Waals surface area contributed by atoms with Gasteiger partial charge in [0.2, 0.25) is 0 Å². The van der Waals surface area contributed by atoms with Crippen molar-refractivity contribution in [3.63, 3.8) is 0 Å². The molecule has 2 nitrogen and oxygen atoms in total. The van der Waals surface area contributed by atoms with Crippen molar-refractivity contribution in [1.29, 1.82) is 0 Å². The lowest BCUT2D eigenvalue weighted by Gasteiger charge is -2.07. The summed E-state index contributed by atoms with van der Waals surface area (Å²) in [7, 11) is -0.846. The fraction of sp³-hybridized carbons (Fsp3) is 1.00. The highest BCUT2D eigenvalue weighted by molar-refractivity contribution is 7.86. The minimum Gasteiger partial charge on any atom is -0.317 e. The van der Waals surface area contributed by atoms with E-state index in [-0.39, 0.29) is 10.6 Å². The summed E-state index contributed by atoms with van der Waals surface area (Å²) in [6, 6.07) is 0. The molecule has 50 valence electrons. The fourth-order valence-corrected chi connectivity index (χ4v) is 1.29. The monoisotopic (exact) mass is 135 g/mol. The van der Waals surface area contributed by atoms with Crippen molar-refractivity contribution < 1.29 is 4.21 Å². The minimum atomic E-state index is -0.846. The molecule has 0 saturated heterocycles. The third-order valence-corrected chi connectivity index (χ3v) is 2.49. The standard InChI is InChI=1S/C5H13NOS/c1-4(2)8(7)5(3)6/h4-5H,6H2,1-3H3. The smallest absolute Gasteiger partial charge is 0.0784 e. The van der Waals surface area contributed by atoms with Gasteiger partial charge >= 0.3 is 0 Å². The first kappa shape index (κ1) is 8.11. The van der Waals surface area contributed by atoms with Gasteiger partial charge in [0.15, 0.2) is 0 Å². The predicted molar refractivity (Wildman–Crippen MR) is 36.9 cm³/mol. The lowest BCUT2D eigenvalue weighted by Crippen LogP contribution is -2.26. The molecule has 0 aliphatic rings. The van der Waals surface area contributed by atoms with Crippen LogP contribution >= 0.6 is 0 Å². The molecular weight excluding hydrogens is 122 g/mol. The Kier molecular flexibility index (Phi) is 3.24. The second kappa shape index (κ2) is 3.20. The van der Waals surface area contributed by atoms with Crippen LogP contribution in [0.25, 0.3) is 0 Å². The van der Waals surface area contributed by atoms with Gasteiger partial charge in [0.05, 0.1) is 5.37 Å². The summed E-state index contributed by atoms with van der Waals surface area (Å²) >= 11 is 0. The molecule has 0 heterocycles. The van der Waals surface area contributed by atoms with Crippen molar-refractivity contribution in [2.75, 3.05) is 0 Å². The average molecular weight is 135 g/mol. The van der Waals surface area contributed by atoms with Crippen LogP contribution in [0.5, 0.6) is 0 Å². The van der Waals surface area contributed by atoms with E-state index < -0.39 is 10.8 Å². The highest BCUT2D eigenvalue weighted by Crippen LogP contribution is 1.96. The summed E-state index contributed by atoms with van der Waals surface area (Å²) < 4.78 is 10.8. The number of hydrogen-bond acceptors (Lipinski definition) is 2. The molecular formula is C5H13NOS. The Hall–Kier alpha value is 0.110. The molecule has 0 bridgehead atoms. The first-order valence-electron chi connectivity index (χ1n) is 2.70. The molecule has 0 aromatic carbocycles. The van der Waals surface area contributed by atoms with E-state index in [1.165, 1.54) is 0 Å². The molecule has 0 rings (SSSR count). The highest BCUT2D eigenvalue weighted by Gasteiger charge is 2.08. The van der Waals surface area contributed by atoms with Crippen molar-refractivity contribution in [2.45, 2.75) is 31.4 Å². The summed E-state index contributed by atoms with van der Waals surface area (Å²) in [5.41, 5.74) is 5.34. The summed E-state index contributed by atoms with van der Waals surface area (Å²) in [6.07, 6.45) is 0. The van der Waals surface area contributed by atoms with Crippen LogP contribution in [-0.2, 0) is 10.8 Å². The van der Waals surface area contributed by atoms with Crippen LogP contribution in [-0.4, -0.2) is 14.8 Å². The minimum absolute atomic E-state index is 0.185. The van der Waals surface area contributed by atoms with Crippen molar-refractivity contribution >= 4 is 10.8 Å². The van der Waals surface area contributed by atoms with Gasteiger partial charge in [0, 0.05) is 16.0 Å². The highest BCUT2D eigenvalue weighted by atomic mass is 32.2. The molecule has 0 amide bonds. The second-order valence-corrected chi connectivity index (χ2v) is 4.43. The lowest BCUT2D eigenvalue weighted by atomic mass is 10.6. The molecule has 0 saturated carbocycles. The zero-order valence-corrected chi connectivity index (χ0v) is 6.37. The molecule has 0 aliphatic heterocycles. The SMILES string of the molecule is CC(C)S(=O)C(C)N. The van der Waals surface area contributed by atoms with Crippen molar-refractivity contribution in [1.82, 2.24) is 0 Å². The predicted octanol–water partition coefficient (Wildman–Crippen LogP) is 0.448. The van der Waals surface area contributed by atoms with Gasteiger partial charge in [-0.2, -0.15) is 0 Å². The summed E-state index contributed by atoms with van der Waals surface area (Å²) in [4.78, 5) is 0. The van der Waals surface area contributed by atoms with E-state index in [0.29, 0.717) is 0 Å². The van der Waals surface area contributed by atoms with Crippen LogP contribution in [0.15, 0.2) is 0 Å². The largest absolute Gasteiger partial charge is 0.317 e. The van der Waals surface area contributed by atoms with Crippen LogP contribution in [0.2, 0.25) is 0 Å². The van der Waals surface area contributed by atoms with E-state index in [9.17, 15) is 4.21 Å². The third kappa shape index (κ3) is 2.43. The quantitative estimate of drug-likeness (QED) is 0.597. The van der Waals surface area contributed by atoms with E-state index in [2.05, 4.69) is 0 Å². The van der Waals surface area contributed by atoms with Gasteiger partial charge in [-0.25, -0.2) is 0 Å². The topological polar surface area (TPSA) is 43.1 Å². The maximum absolute atomic E-state index is 10.8. The van der Waals surface area contributed by atoms with Gasteiger partial charge in [-0.1, -0.05) is 13.8 Å². The number of rotatable bonds is 2. The third-order valence-electron chi connectivity index (χ3n) is 0.831. The van der Waals surface area contributed by atoms with Gasteiger partial charge in [0.1, 0.15) is 0 Å². The van der Waals surface area contributed by atoms with Crippen LogP contribution in [0.3, 0.4) is 0 Å².